The molecule has 4 heteroatoms. The number of carbonyl (C=O) groups is 1. The number of hydrogen-bond acceptors (Lipinski definition) is 4. The molecular formula is C48H56O4. The van der Waals surface area contributed by atoms with E-state index in [0.29, 0.717) is 25.7 Å². The SMILES string of the molecule is C[C@@]1(COC(=O)[C@]2(C)CCC[C@]3(C)c4cc(OCc5ccccc5)ccc4CC[C@@H]23)CCC[C@]2(C)c3cc(OCc4ccccc4)ccc3CCC12. The third-order valence-electron chi connectivity index (χ3n) is 14.3. The van der Waals surface area contributed by atoms with Gasteiger partial charge in [0.25, 0.3) is 0 Å². The maximum absolute atomic E-state index is 14.5. The maximum Gasteiger partial charge on any atom is 0.312 e. The van der Waals surface area contributed by atoms with Crippen molar-refractivity contribution in [2.24, 2.45) is 22.7 Å². The van der Waals surface area contributed by atoms with Gasteiger partial charge in [0.05, 0.1) is 12.0 Å². The van der Waals surface area contributed by atoms with Crippen LogP contribution in [0.15, 0.2) is 97.1 Å². The van der Waals surface area contributed by atoms with E-state index in [1.807, 2.05) is 12.1 Å². The molecule has 272 valence electrons. The van der Waals surface area contributed by atoms with Gasteiger partial charge < -0.3 is 14.2 Å². The Kier molecular flexibility index (Phi) is 9.25. The molecule has 4 aromatic carbocycles. The fourth-order valence-electron chi connectivity index (χ4n) is 11.5. The quantitative estimate of drug-likeness (QED) is 0.163. The summed E-state index contributed by atoms with van der Waals surface area (Å²) >= 11 is 0. The van der Waals surface area contributed by atoms with Crippen LogP contribution in [0.4, 0.5) is 0 Å². The molecule has 1 unspecified atom stereocenters. The number of esters is 1. The predicted molar refractivity (Wildman–Crippen MR) is 208 cm³/mol. The summed E-state index contributed by atoms with van der Waals surface area (Å²) < 4.78 is 19.3. The molecular weight excluding hydrogens is 641 g/mol. The molecule has 0 heterocycles. The van der Waals surface area contributed by atoms with Crippen LogP contribution in [-0.4, -0.2) is 12.6 Å². The Morgan fingerprint density at radius 2 is 1.12 bits per heavy atom. The molecule has 0 bridgehead atoms. The zero-order valence-corrected chi connectivity index (χ0v) is 31.7. The predicted octanol–water partition coefficient (Wildman–Crippen LogP) is 11.1. The fraction of sp³-hybridized carbons (Fsp3) is 0.479. The topological polar surface area (TPSA) is 44.8 Å². The van der Waals surface area contributed by atoms with E-state index in [1.165, 1.54) is 33.4 Å². The van der Waals surface area contributed by atoms with E-state index in [0.717, 1.165) is 75.7 Å². The van der Waals surface area contributed by atoms with E-state index in [-0.39, 0.29) is 28.1 Å². The van der Waals surface area contributed by atoms with Crippen LogP contribution < -0.4 is 9.47 Å². The van der Waals surface area contributed by atoms with Crippen LogP contribution in [0.3, 0.4) is 0 Å². The summed E-state index contributed by atoms with van der Waals surface area (Å²) in [6.45, 7) is 11.1. The molecule has 6 atom stereocenters. The van der Waals surface area contributed by atoms with Crippen LogP contribution in [-0.2, 0) is 46.4 Å². The monoisotopic (exact) mass is 696 g/mol. The average Bonchev–Trinajstić information content (AvgIpc) is 3.16. The summed E-state index contributed by atoms with van der Waals surface area (Å²) in [5.41, 5.74) is 7.37. The van der Waals surface area contributed by atoms with Gasteiger partial charge in [0.2, 0.25) is 0 Å². The molecule has 4 aliphatic carbocycles. The number of fused-ring (bicyclic) bond motifs is 6. The Morgan fingerprint density at radius 1 is 0.615 bits per heavy atom. The first-order valence-corrected chi connectivity index (χ1v) is 19.9. The maximum atomic E-state index is 14.5. The molecule has 52 heavy (non-hydrogen) atoms. The van der Waals surface area contributed by atoms with Crippen molar-refractivity contribution in [3.8, 4) is 11.5 Å². The number of ether oxygens (including phenoxy) is 3. The third-order valence-corrected chi connectivity index (χ3v) is 14.3. The highest BCUT2D eigenvalue weighted by Gasteiger charge is 2.57. The van der Waals surface area contributed by atoms with Gasteiger partial charge in [0.15, 0.2) is 0 Å². The van der Waals surface area contributed by atoms with E-state index in [1.54, 1.807) is 0 Å². The number of benzene rings is 4. The van der Waals surface area contributed by atoms with Gasteiger partial charge in [0.1, 0.15) is 24.7 Å². The van der Waals surface area contributed by atoms with E-state index < -0.39 is 5.41 Å². The summed E-state index contributed by atoms with van der Waals surface area (Å²) in [5, 5.41) is 0. The minimum Gasteiger partial charge on any atom is -0.489 e. The lowest BCUT2D eigenvalue weighted by Crippen LogP contribution is -2.54. The molecule has 2 fully saturated rings. The first-order chi connectivity index (χ1) is 25.1. The van der Waals surface area contributed by atoms with E-state index in [4.69, 9.17) is 14.2 Å². The summed E-state index contributed by atoms with van der Waals surface area (Å²) in [4.78, 5) is 14.5. The minimum atomic E-state index is -0.510. The molecule has 2 saturated carbocycles. The van der Waals surface area contributed by atoms with Crippen molar-refractivity contribution in [1.82, 2.24) is 0 Å². The third kappa shape index (κ3) is 6.24. The van der Waals surface area contributed by atoms with Crippen molar-refractivity contribution in [1.29, 1.82) is 0 Å². The normalized spacial score (nSPS) is 30.5. The first-order valence-electron chi connectivity index (χ1n) is 19.9. The van der Waals surface area contributed by atoms with E-state index in [2.05, 4.69) is 113 Å². The summed E-state index contributed by atoms with van der Waals surface area (Å²) in [6, 6.07) is 34.2. The Morgan fingerprint density at radius 3 is 1.67 bits per heavy atom. The standard InChI is InChI=1S/C48H56O4/c1-45(25-11-26-46(2)40-29-38(21-17-36(40)19-23-42(45)46)50-31-34-13-7-5-8-14-34)33-52-44(49)48(4)28-12-27-47(3)41-30-39(22-18-37(41)20-24-43(47)48)51-32-35-15-9-6-10-16-35/h5-10,13-18,21-22,29-30,42-43H,11-12,19-20,23-28,31-33H2,1-4H3/t42?,43-,45+,46-,47-,48-/m1/s1. The highest BCUT2D eigenvalue weighted by Crippen LogP contribution is 2.60. The Hall–Kier alpha value is -4.05. The van der Waals surface area contributed by atoms with Gasteiger partial charge in [-0.05, 0) is 139 Å². The van der Waals surface area contributed by atoms with Crippen molar-refractivity contribution in [3.05, 3.63) is 130 Å². The second-order valence-electron chi connectivity index (χ2n) is 17.6. The molecule has 4 nitrogen and oxygen atoms in total. The van der Waals surface area contributed by atoms with Gasteiger partial charge in [0, 0.05) is 5.41 Å². The highest BCUT2D eigenvalue weighted by molar-refractivity contribution is 5.77. The molecule has 0 radical (unpaired) electrons. The highest BCUT2D eigenvalue weighted by atomic mass is 16.5. The van der Waals surface area contributed by atoms with Crippen LogP contribution in [0.1, 0.15) is 112 Å². The Bertz CT molecular complexity index is 1900. The second kappa shape index (κ2) is 13.7. The van der Waals surface area contributed by atoms with E-state index in [9.17, 15) is 4.79 Å². The van der Waals surface area contributed by atoms with Gasteiger partial charge in [-0.2, -0.15) is 0 Å². The molecule has 0 amide bonds. The lowest BCUT2D eigenvalue weighted by molar-refractivity contribution is -0.171. The van der Waals surface area contributed by atoms with Crippen molar-refractivity contribution in [2.45, 2.75) is 116 Å². The zero-order valence-electron chi connectivity index (χ0n) is 31.7. The average molecular weight is 697 g/mol. The lowest BCUT2D eigenvalue weighted by atomic mass is 9.49. The smallest absolute Gasteiger partial charge is 0.312 e. The summed E-state index contributed by atoms with van der Waals surface area (Å²) in [7, 11) is 0. The van der Waals surface area contributed by atoms with Crippen LogP contribution in [0.2, 0.25) is 0 Å². The van der Waals surface area contributed by atoms with Crippen LogP contribution in [0.25, 0.3) is 0 Å². The molecule has 4 aliphatic rings. The molecule has 0 spiro atoms. The van der Waals surface area contributed by atoms with E-state index >= 15 is 0 Å². The van der Waals surface area contributed by atoms with Gasteiger partial charge in [-0.25, -0.2) is 0 Å². The van der Waals surface area contributed by atoms with Gasteiger partial charge in [-0.3, -0.25) is 4.79 Å². The van der Waals surface area contributed by atoms with Crippen molar-refractivity contribution in [2.75, 3.05) is 6.61 Å². The summed E-state index contributed by atoms with van der Waals surface area (Å²) in [6.07, 6.45) is 10.6. The minimum absolute atomic E-state index is 0.0182. The van der Waals surface area contributed by atoms with Gasteiger partial charge in [-0.1, -0.05) is 106 Å². The van der Waals surface area contributed by atoms with Crippen molar-refractivity contribution in [3.63, 3.8) is 0 Å². The summed E-state index contributed by atoms with van der Waals surface area (Å²) in [5.74, 6) is 2.55. The molecule has 0 aromatic heterocycles. The molecule has 0 saturated heterocycles. The zero-order chi connectivity index (χ0) is 36.0. The van der Waals surface area contributed by atoms with Gasteiger partial charge >= 0.3 is 5.97 Å². The number of carbonyl (C=O) groups excluding carboxylic acids is 1. The van der Waals surface area contributed by atoms with Crippen LogP contribution in [0, 0.1) is 22.7 Å². The molecule has 8 rings (SSSR count). The molecule has 0 N–H and O–H groups in total. The number of hydrogen-bond donors (Lipinski definition) is 0. The van der Waals surface area contributed by atoms with Crippen molar-refractivity contribution < 1.29 is 19.0 Å². The largest absolute Gasteiger partial charge is 0.489 e. The molecule has 0 aliphatic heterocycles. The van der Waals surface area contributed by atoms with Crippen molar-refractivity contribution >= 4 is 5.97 Å². The Labute approximate surface area is 311 Å². The molecule has 4 aromatic rings. The van der Waals surface area contributed by atoms with Gasteiger partial charge in [-0.15, -0.1) is 0 Å². The van der Waals surface area contributed by atoms with Crippen LogP contribution in [0.5, 0.6) is 11.5 Å². The number of aryl methyl sites for hydroxylation is 2. The first kappa shape index (κ1) is 35.0. The Balaban J connectivity index is 0.979. The van der Waals surface area contributed by atoms with Crippen LogP contribution >= 0.6 is 0 Å². The lowest BCUT2D eigenvalue weighted by Gasteiger charge is -2.56. The second-order valence-corrected chi connectivity index (χ2v) is 17.6. The number of rotatable bonds is 9. The fourth-order valence-corrected chi connectivity index (χ4v) is 11.5.